The van der Waals surface area contributed by atoms with Crippen LogP contribution in [0.2, 0.25) is 0 Å². The van der Waals surface area contributed by atoms with Crippen molar-refractivity contribution in [1.82, 2.24) is 0 Å². The summed E-state index contributed by atoms with van der Waals surface area (Å²) < 4.78 is 19.2. The summed E-state index contributed by atoms with van der Waals surface area (Å²) in [6, 6.07) is 4.26. The van der Waals surface area contributed by atoms with Gasteiger partial charge in [-0.1, -0.05) is 11.8 Å². The van der Waals surface area contributed by atoms with E-state index in [1.165, 1.54) is 12.1 Å². The molecule has 1 atom stereocenters. The number of nitrogens with one attached hydrogen (secondary N) is 1. The van der Waals surface area contributed by atoms with Gasteiger partial charge in [0, 0.05) is 12.2 Å². The molecule has 1 aliphatic rings. The summed E-state index contributed by atoms with van der Waals surface area (Å²) in [5.41, 5.74) is 0.558. The fourth-order valence-corrected chi connectivity index (χ4v) is 2.00. The van der Waals surface area contributed by atoms with Crippen molar-refractivity contribution in [2.45, 2.75) is 25.4 Å². The third-order valence-electron chi connectivity index (χ3n) is 3.01. The van der Waals surface area contributed by atoms with E-state index in [2.05, 4.69) is 17.2 Å². The smallest absolute Gasteiger partial charge is 0.253 e. The molecule has 2 N–H and O–H groups in total. The Morgan fingerprint density at radius 3 is 3.00 bits per heavy atom. The number of aliphatic hydroxyl groups excluding tert-OH is 1. The molecule has 0 aromatic heterocycles. The van der Waals surface area contributed by atoms with Crippen LogP contribution >= 0.6 is 0 Å². The summed E-state index contributed by atoms with van der Waals surface area (Å²) in [7, 11) is 0. The summed E-state index contributed by atoms with van der Waals surface area (Å²) in [4.78, 5) is 11.9. The lowest BCUT2D eigenvalue weighted by Crippen LogP contribution is -2.33. The van der Waals surface area contributed by atoms with Gasteiger partial charge in [0.1, 0.15) is 18.5 Å². The quantitative estimate of drug-likeness (QED) is 0.809. The van der Waals surface area contributed by atoms with Gasteiger partial charge in [0.25, 0.3) is 5.91 Å². The van der Waals surface area contributed by atoms with Crippen LogP contribution in [0.4, 0.5) is 10.1 Å². The van der Waals surface area contributed by atoms with Crippen LogP contribution in [-0.2, 0) is 9.53 Å². The number of carbonyl (C=O) groups excluding carboxylic acids is 1. The van der Waals surface area contributed by atoms with Crippen molar-refractivity contribution in [1.29, 1.82) is 0 Å². The maximum Gasteiger partial charge on any atom is 0.253 e. The average Bonchev–Trinajstić information content (AvgIpc) is 2.48. The molecule has 5 heteroatoms. The number of rotatable bonds is 2. The molecule has 1 unspecified atom stereocenters. The number of hydrogen-bond acceptors (Lipinski definition) is 3. The maximum atomic E-state index is 13.8. The van der Waals surface area contributed by atoms with Crippen LogP contribution < -0.4 is 5.32 Å². The van der Waals surface area contributed by atoms with Crippen LogP contribution in [-0.4, -0.2) is 30.3 Å². The lowest BCUT2D eigenvalue weighted by Gasteiger charge is -2.21. The second-order valence-electron chi connectivity index (χ2n) is 4.50. The minimum atomic E-state index is -0.557. The Morgan fingerprint density at radius 2 is 2.35 bits per heavy atom. The normalized spacial score (nSPS) is 18.0. The number of carbonyl (C=O) groups is 1. The topological polar surface area (TPSA) is 58.6 Å². The molecule has 1 saturated heterocycles. The first-order valence-corrected chi connectivity index (χ1v) is 6.52. The minimum Gasteiger partial charge on any atom is -0.384 e. The van der Waals surface area contributed by atoms with E-state index in [4.69, 9.17) is 9.84 Å². The fourth-order valence-electron chi connectivity index (χ4n) is 2.00. The van der Waals surface area contributed by atoms with Crippen molar-refractivity contribution in [2.75, 3.05) is 18.5 Å². The highest BCUT2D eigenvalue weighted by molar-refractivity contribution is 5.94. The average molecular weight is 277 g/mol. The Bertz CT molecular complexity index is 542. The lowest BCUT2D eigenvalue weighted by molar-refractivity contribution is -0.130. The molecule has 0 saturated carbocycles. The van der Waals surface area contributed by atoms with Crippen molar-refractivity contribution >= 4 is 11.6 Å². The van der Waals surface area contributed by atoms with E-state index >= 15 is 0 Å². The third kappa shape index (κ3) is 3.80. The molecule has 0 radical (unpaired) electrons. The highest BCUT2D eigenvalue weighted by Crippen LogP contribution is 2.18. The molecular weight excluding hydrogens is 261 g/mol. The molecule has 1 heterocycles. The Labute approximate surface area is 116 Å². The molecule has 2 rings (SSSR count). The van der Waals surface area contributed by atoms with E-state index in [-0.39, 0.29) is 18.2 Å². The molecule has 1 amide bonds. The molecule has 0 spiro atoms. The van der Waals surface area contributed by atoms with E-state index in [0.29, 0.717) is 18.6 Å². The summed E-state index contributed by atoms with van der Waals surface area (Å²) in [6.45, 7) is 0.287. The van der Waals surface area contributed by atoms with Gasteiger partial charge in [0.05, 0.1) is 5.69 Å². The zero-order valence-electron chi connectivity index (χ0n) is 11.0. The van der Waals surface area contributed by atoms with Crippen LogP contribution in [0.5, 0.6) is 0 Å². The van der Waals surface area contributed by atoms with E-state index < -0.39 is 11.9 Å². The van der Waals surface area contributed by atoms with Crippen LogP contribution in [0, 0.1) is 17.7 Å². The van der Waals surface area contributed by atoms with Gasteiger partial charge in [-0.2, -0.15) is 0 Å². The van der Waals surface area contributed by atoms with E-state index in [1.54, 1.807) is 6.07 Å². The van der Waals surface area contributed by atoms with Crippen molar-refractivity contribution in [3.8, 4) is 11.8 Å². The predicted molar refractivity (Wildman–Crippen MR) is 72.6 cm³/mol. The lowest BCUT2D eigenvalue weighted by atomic mass is 10.1. The number of halogens is 1. The molecular formula is C15H16FNO3. The standard InChI is InChI=1S/C15H16FNO3/c16-12-10-11(4-3-8-18)6-7-13(12)17-15(19)14-5-1-2-9-20-14/h6-7,10,14,18H,1-2,5,8-9H2,(H,17,19). The predicted octanol–water partition coefficient (Wildman–Crippen LogP) is 1.68. The zero-order valence-corrected chi connectivity index (χ0v) is 11.0. The molecule has 1 aromatic carbocycles. The van der Waals surface area contributed by atoms with Crippen LogP contribution in [0.3, 0.4) is 0 Å². The summed E-state index contributed by atoms with van der Waals surface area (Å²) in [5.74, 6) is 4.16. The molecule has 1 aromatic rings. The molecule has 20 heavy (non-hydrogen) atoms. The Kier molecular flexibility index (Phi) is 5.10. The van der Waals surface area contributed by atoms with E-state index in [0.717, 1.165) is 12.8 Å². The van der Waals surface area contributed by atoms with Crippen LogP contribution in [0.15, 0.2) is 18.2 Å². The van der Waals surface area contributed by atoms with Crippen LogP contribution in [0.1, 0.15) is 24.8 Å². The molecule has 0 bridgehead atoms. The van der Waals surface area contributed by atoms with Crippen molar-refractivity contribution in [3.05, 3.63) is 29.6 Å². The van der Waals surface area contributed by atoms with Crippen molar-refractivity contribution in [2.24, 2.45) is 0 Å². The van der Waals surface area contributed by atoms with E-state index in [9.17, 15) is 9.18 Å². The number of hydrogen-bond donors (Lipinski definition) is 2. The molecule has 1 fully saturated rings. The summed E-state index contributed by atoms with van der Waals surface area (Å²) >= 11 is 0. The van der Waals surface area contributed by atoms with Gasteiger partial charge in [-0.05, 0) is 37.5 Å². The summed E-state index contributed by atoms with van der Waals surface area (Å²) in [5, 5.41) is 11.1. The van der Waals surface area contributed by atoms with E-state index in [1.807, 2.05) is 0 Å². The van der Waals surface area contributed by atoms with Gasteiger partial charge < -0.3 is 15.2 Å². The second-order valence-corrected chi connectivity index (χ2v) is 4.50. The highest BCUT2D eigenvalue weighted by Gasteiger charge is 2.22. The van der Waals surface area contributed by atoms with Gasteiger partial charge in [-0.25, -0.2) is 4.39 Å². The van der Waals surface area contributed by atoms with Gasteiger partial charge in [0.2, 0.25) is 0 Å². The van der Waals surface area contributed by atoms with Crippen molar-refractivity contribution < 1.29 is 19.0 Å². The Morgan fingerprint density at radius 1 is 1.50 bits per heavy atom. The third-order valence-corrected chi connectivity index (χ3v) is 3.01. The largest absolute Gasteiger partial charge is 0.384 e. The number of anilines is 1. The highest BCUT2D eigenvalue weighted by atomic mass is 19.1. The van der Waals surface area contributed by atoms with Crippen molar-refractivity contribution in [3.63, 3.8) is 0 Å². The first-order valence-electron chi connectivity index (χ1n) is 6.52. The maximum absolute atomic E-state index is 13.8. The zero-order chi connectivity index (χ0) is 14.4. The van der Waals surface area contributed by atoms with Crippen LogP contribution in [0.25, 0.3) is 0 Å². The first kappa shape index (κ1) is 14.5. The Balaban J connectivity index is 2.03. The van der Waals surface area contributed by atoms with Gasteiger partial charge in [0.15, 0.2) is 0 Å². The number of benzene rings is 1. The molecule has 1 aliphatic heterocycles. The van der Waals surface area contributed by atoms with Gasteiger partial charge in [-0.3, -0.25) is 4.79 Å². The number of ether oxygens (including phenoxy) is 1. The SMILES string of the molecule is O=C(Nc1ccc(C#CCO)cc1F)C1CCCCO1. The fraction of sp³-hybridized carbons (Fsp3) is 0.400. The molecule has 106 valence electrons. The number of amides is 1. The molecule has 4 nitrogen and oxygen atoms in total. The first-order chi connectivity index (χ1) is 9.70. The van der Waals surface area contributed by atoms with Gasteiger partial charge in [-0.15, -0.1) is 0 Å². The minimum absolute atomic E-state index is 0.110. The monoisotopic (exact) mass is 277 g/mol. The second kappa shape index (κ2) is 7.04. The summed E-state index contributed by atoms with van der Waals surface area (Å²) in [6.07, 6.45) is 2.05. The van der Waals surface area contributed by atoms with Gasteiger partial charge >= 0.3 is 0 Å². The number of aliphatic hydroxyl groups is 1. The molecule has 0 aliphatic carbocycles. The Hall–Kier alpha value is -1.90.